The van der Waals surface area contributed by atoms with Gasteiger partial charge in [0.1, 0.15) is 5.69 Å². The number of aromatic nitrogens is 1. The number of methoxy groups -OCH3 is 1. The molecular formula is C14H16N2O2S. The summed E-state index contributed by atoms with van der Waals surface area (Å²) in [4.78, 5) is 11.9. The van der Waals surface area contributed by atoms with E-state index in [-0.39, 0.29) is 5.97 Å². The van der Waals surface area contributed by atoms with Crippen molar-refractivity contribution in [3.63, 3.8) is 0 Å². The largest absolute Gasteiger partial charge is 0.464 e. The summed E-state index contributed by atoms with van der Waals surface area (Å²) in [6, 6.07) is 6.18. The summed E-state index contributed by atoms with van der Waals surface area (Å²) in [5, 5.41) is 1.15. The van der Waals surface area contributed by atoms with E-state index in [1.165, 1.54) is 12.7 Å². The zero-order chi connectivity index (χ0) is 13.4. The molecule has 0 bridgehead atoms. The van der Waals surface area contributed by atoms with Crippen LogP contribution in [0, 0.1) is 0 Å². The summed E-state index contributed by atoms with van der Waals surface area (Å²) < 4.78 is 10.3. The van der Waals surface area contributed by atoms with E-state index in [0.717, 1.165) is 35.3 Å². The number of nitrogens with one attached hydrogen (secondary N) is 1. The van der Waals surface area contributed by atoms with Crippen molar-refractivity contribution >= 4 is 34.5 Å². The quantitative estimate of drug-likeness (QED) is 0.676. The minimum absolute atomic E-state index is 0.267. The van der Waals surface area contributed by atoms with Crippen molar-refractivity contribution in [1.82, 2.24) is 4.57 Å². The van der Waals surface area contributed by atoms with E-state index >= 15 is 0 Å². The Balaban J connectivity index is 2.34. The van der Waals surface area contributed by atoms with Crippen LogP contribution in [0.3, 0.4) is 0 Å². The van der Waals surface area contributed by atoms with Gasteiger partial charge in [0.2, 0.25) is 0 Å². The first kappa shape index (κ1) is 12.4. The highest BCUT2D eigenvalue weighted by Crippen LogP contribution is 2.34. The molecule has 2 aromatic rings. The first-order valence-electron chi connectivity index (χ1n) is 6.37. The second-order valence-electron chi connectivity index (χ2n) is 4.51. The lowest BCUT2D eigenvalue weighted by Gasteiger charge is -2.08. The van der Waals surface area contributed by atoms with Crippen LogP contribution in [0.4, 0.5) is 5.69 Å². The lowest BCUT2D eigenvalue weighted by molar-refractivity contribution is 0.0589. The molecule has 19 heavy (non-hydrogen) atoms. The van der Waals surface area contributed by atoms with Gasteiger partial charge in [-0.05, 0) is 24.1 Å². The fourth-order valence-corrected chi connectivity index (χ4v) is 3.30. The predicted octanol–water partition coefficient (Wildman–Crippen LogP) is 3.06. The van der Waals surface area contributed by atoms with Gasteiger partial charge >= 0.3 is 5.97 Å². The highest BCUT2D eigenvalue weighted by atomic mass is 32.2. The average molecular weight is 276 g/mol. The highest BCUT2D eigenvalue weighted by Gasteiger charge is 2.21. The molecule has 5 heteroatoms. The molecule has 2 heterocycles. The van der Waals surface area contributed by atoms with Crippen LogP contribution in [0.15, 0.2) is 18.2 Å². The minimum Gasteiger partial charge on any atom is -0.464 e. The molecule has 0 saturated carbocycles. The first-order valence-corrected chi connectivity index (χ1v) is 7.36. The number of ether oxygens (including phenoxy) is 1. The Morgan fingerprint density at radius 3 is 3.11 bits per heavy atom. The lowest BCUT2D eigenvalue weighted by Crippen LogP contribution is -2.11. The average Bonchev–Trinajstić information content (AvgIpc) is 2.68. The van der Waals surface area contributed by atoms with Crippen molar-refractivity contribution in [3.05, 3.63) is 29.5 Å². The smallest absolute Gasteiger partial charge is 0.354 e. The molecule has 0 radical (unpaired) electrons. The second kappa shape index (κ2) is 4.81. The number of benzene rings is 1. The van der Waals surface area contributed by atoms with Gasteiger partial charge in [0.15, 0.2) is 0 Å². The molecule has 4 nitrogen and oxygen atoms in total. The van der Waals surface area contributed by atoms with E-state index in [1.807, 2.05) is 6.07 Å². The summed E-state index contributed by atoms with van der Waals surface area (Å²) >= 11 is 1.67. The van der Waals surface area contributed by atoms with Crippen molar-refractivity contribution in [3.8, 4) is 0 Å². The SMILES string of the molecule is CCc1ccc2c3c1cc(C(=O)OC)n3CCSN2. The Bertz CT molecular complexity index is 648. The third-order valence-corrected chi connectivity index (χ3v) is 4.27. The number of hydrogen-bond donors (Lipinski definition) is 1. The number of aryl methyl sites for hydroxylation is 2. The van der Waals surface area contributed by atoms with Gasteiger partial charge in [-0.25, -0.2) is 4.79 Å². The van der Waals surface area contributed by atoms with Gasteiger partial charge in [-0.15, -0.1) is 0 Å². The Labute approximate surface area is 116 Å². The van der Waals surface area contributed by atoms with E-state index in [9.17, 15) is 4.79 Å². The van der Waals surface area contributed by atoms with Crippen LogP contribution in [0.5, 0.6) is 0 Å². The maximum atomic E-state index is 11.9. The summed E-state index contributed by atoms with van der Waals surface area (Å²) in [6.45, 7) is 2.94. The molecule has 0 atom stereocenters. The lowest BCUT2D eigenvalue weighted by atomic mass is 10.1. The van der Waals surface area contributed by atoms with Gasteiger partial charge in [0.25, 0.3) is 0 Å². The number of carbonyl (C=O) groups is 1. The Morgan fingerprint density at radius 2 is 2.37 bits per heavy atom. The number of hydrogen-bond acceptors (Lipinski definition) is 4. The molecule has 0 aliphatic carbocycles. The molecule has 1 aromatic carbocycles. The molecule has 0 saturated heterocycles. The summed E-state index contributed by atoms with van der Waals surface area (Å²) in [5.74, 6) is 0.653. The van der Waals surface area contributed by atoms with Gasteiger partial charge < -0.3 is 14.0 Å². The normalized spacial score (nSPS) is 14.0. The topological polar surface area (TPSA) is 43.3 Å². The zero-order valence-corrected chi connectivity index (χ0v) is 11.8. The maximum absolute atomic E-state index is 11.9. The molecule has 1 N–H and O–H groups in total. The summed E-state index contributed by atoms with van der Waals surface area (Å²) in [6.07, 6.45) is 0.953. The summed E-state index contributed by atoms with van der Waals surface area (Å²) in [7, 11) is 1.43. The number of rotatable bonds is 2. The van der Waals surface area contributed by atoms with E-state index in [2.05, 4.69) is 28.3 Å². The second-order valence-corrected chi connectivity index (χ2v) is 5.41. The van der Waals surface area contributed by atoms with Crippen LogP contribution >= 0.6 is 11.9 Å². The van der Waals surface area contributed by atoms with E-state index in [4.69, 9.17) is 4.74 Å². The Hall–Kier alpha value is -1.62. The van der Waals surface area contributed by atoms with Crippen molar-refractivity contribution in [2.24, 2.45) is 0 Å². The van der Waals surface area contributed by atoms with Crippen molar-refractivity contribution in [2.45, 2.75) is 19.9 Å². The molecular weight excluding hydrogens is 260 g/mol. The standard InChI is InChI=1S/C14H16N2O2S/c1-3-9-4-5-11-13-10(9)8-12(14(17)18-2)16(13)6-7-19-15-11/h4-5,8,15H,3,6-7H2,1-2H3. The minimum atomic E-state index is -0.267. The van der Waals surface area contributed by atoms with Crippen LogP contribution in [0.2, 0.25) is 0 Å². The van der Waals surface area contributed by atoms with E-state index in [0.29, 0.717) is 5.69 Å². The van der Waals surface area contributed by atoms with Crippen LogP contribution in [-0.4, -0.2) is 23.4 Å². The molecule has 0 fully saturated rings. The van der Waals surface area contributed by atoms with Gasteiger partial charge in [0, 0.05) is 17.7 Å². The molecule has 1 aliphatic rings. The predicted molar refractivity (Wildman–Crippen MR) is 78.7 cm³/mol. The Kier molecular flexibility index (Phi) is 3.14. The molecule has 1 aromatic heterocycles. The molecule has 0 spiro atoms. The van der Waals surface area contributed by atoms with Gasteiger partial charge in [0.05, 0.1) is 18.3 Å². The van der Waals surface area contributed by atoms with Crippen molar-refractivity contribution < 1.29 is 9.53 Å². The number of esters is 1. The van der Waals surface area contributed by atoms with Crippen LogP contribution in [0.25, 0.3) is 10.9 Å². The number of carbonyl (C=O) groups excluding carboxylic acids is 1. The number of anilines is 1. The third kappa shape index (κ3) is 1.89. The summed E-state index contributed by atoms with van der Waals surface area (Å²) in [5.41, 5.74) is 4.09. The van der Waals surface area contributed by atoms with Crippen molar-refractivity contribution in [2.75, 3.05) is 17.6 Å². The van der Waals surface area contributed by atoms with Gasteiger partial charge in [-0.1, -0.05) is 24.9 Å². The molecule has 1 aliphatic heterocycles. The molecule has 3 rings (SSSR count). The third-order valence-electron chi connectivity index (χ3n) is 3.52. The monoisotopic (exact) mass is 276 g/mol. The fraction of sp³-hybridized carbons (Fsp3) is 0.357. The molecule has 0 unspecified atom stereocenters. The van der Waals surface area contributed by atoms with Crippen LogP contribution < -0.4 is 4.72 Å². The van der Waals surface area contributed by atoms with E-state index < -0.39 is 0 Å². The van der Waals surface area contributed by atoms with Gasteiger partial charge in [-0.2, -0.15) is 0 Å². The van der Waals surface area contributed by atoms with Crippen LogP contribution in [0.1, 0.15) is 23.0 Å². The Morgan fingerprint density at radius 1 is 1.53 bits per heavy atom. The van der Waals surface area contributed by atoms with Crippen LogP contribution in [-0.2, 0) is 17.7 Å². The molecule has 100 valence electrons. The van der Waals surface area contributed by atoms with Crippen molar-refractivity contribution in [1.29, 1.82) is 0 Å². The van der Waals surface area contributed by atoms with Gasteiger partial charge in [-0.3, -0.25) is 0 Å². The zero-order valence-electron chi connectivity index (χ0n) is 11.0. The highest BCUT2D eigenvalue weighted by molar-refractivity contribution is 8.00. The number of nitrogens with zero attached hydrogens (tertiary/aromatic N) is 1. The van der Waals surface area contributed by atoms with E-state index in [1.54, 1.807) is 11.9 Å². The maximum Gasteiger partial charge on any atom is 0.354 e. The fourth-order valence-electron chi connectivity index (χ4n) is 2.60. The first-order chi connectivity index (χ1) is 9.26. The molecule has 0 amide bonds.